The Morgan fingerprint density at radius 1 is 0.958 bits per heavy atom. The number of nitrogens with one attached hydrogen (secondary N) is 2. The van der Waals surface area contributed by atoms with E-state index < -0.39 is 11.9 Å². The van der Waals surface area contributed by atoms with Crippen molar-refractivity contribution in [3.8, 4) is 11.5 Å². The monoisotopic (exact) mass is 368 g/mol. The normalized spacial score (nSPS) is 10.0. The Morgan fingerprint density at radius 3 is 2.00 bits per heavy atom. The second-order valence-corrected chi connectivity index (χ2v) is 5.48. The third-order valence-electron chi connectivity index (χ3n) is 3.00. The van der Waals surface area contributed by atoms with Crippen molar-refractivity contribution in [3.63, 3.8) is 0 Å². The molecule has 0 saturated heterocycles. The number of imide groups is 1. The van der Waals surface area contributed by atoms with Crippen LogP contribution in [0.15, 0.2) is 36.4 Å². The highest BCUT2D eigenvalue weighted by Crippen LogP contribution is 2.28. The maximum atomic E-state index is 12.4. The lowest BCUT2D eigenvalue weighted by Gasteiger charge is -2.13. The molecule has 0 aliphatic rings. The van der Waals surface area contributed by atoms with Gasteiger partial charge in [0.15, 0.2) is 0 Å². The Bertz CT molecular complexity index is 738. The van der Waals surface area contributed by atoms with Crippen molar-refractivity contribution in [1.29, 1.82) is 0 Å². The summed E-state index contributed by atoms with van der Waals surface area (Å²) in [6.45, 7) is 0. The molecule has 0 unspecified atom stereocenters. The number of methoxy groups -OCH3 is 2. The fraction of sp³-hybridized carbons (Fsp3) is 0.125. The second kappa shape index (κ2) is 7.90. The minimum absolute atomic E-state index is 0.113. The van der Waals surface area contributed by atoms with Gasteiger partial charge in [0, 0.05) is 15.7 Å². The van der Waals surface area contributed by atoms with E-state index in [9.17, 15) is 9.59 Å². The molecule has 0 atom stereocenters. The Labute approximate surface area is 148 Å². The quantitative estimate of drug-likeness (QED) is 0.855. The van der Waals surface area contributed by atoms with Gasteiger partial charge >= 0.3 is 6.03 Å². The maximum absolute atomic E-state index is 12.4. The van der Waals surface area contributed by atoms with Crippen LogP contribution in [0.3, 0.4) is 0 Å². The number of halogens is 2. The third kappa shape index (κ3) is 4.31. The number of hydrogen-bond acceptors (Lipinski definition) is 4. The van der Waals surface area contributed by atoms with Crippen molar-refractivity contribution in [2.45, 2.75) is 0 Å². The first-order valence-corrected chi connectivity index (χ1v) is 7.49. The number of benzene rings is 2. The molecule has 6 nitrogen and oxygen atoms in total. The third-order valence-corrected chi connectivity index (χ3v) is 3.44. The van der Waals surface area contributed by atoms with Gasteiger partial charge in [-0.1, -0.05) is 29.3 Å². The van der Waals surface area contributed by atoms with Crippen LogP contribution in [0.2, 0.25) is 10.0 Å². The number of urea groups is 1. The van der Waals surface area contributed by atoms with E-state index in [-0.39, 0.29) is 17.1 Å². The van der Waals surface area contributed by atoms with Gasteiger partial charge in [-0.2, -0.15) is 0 Å². The predicted octanol–water partition coefficient (Wildman–Crippen LogP) is 3.97. The van der Waals surface area contributed by atoms with E-state index >= 15 is 0 Å². The van der Waals surface area contributed by atoms with Gasteiger partial charge in [0.2, 0.25) is 0 Å². The van der Waals surface area contributed by atoms with E-state index in [1.165, 1.54) is 32.4 Å². The zero-order chi connectivity index (χ0) is 17.7. The van der Waals surface area contributed by atoms with Crippen molar-refractivity contribution in [3.05, 3.63) is 52.0 Å². The molecule has 8 heteroatoms. The predicted molar refractivity (Wildman–Crippen MR) is 92.5 cm³/mol. The van der Waals surface area contributed by atoms with E-state index in [1.807, 2.05) is 0 Å². The summed E-state index contributed by atoms with van der Waals surface area (Å²) in [6.07, 6.45) is 0. The number of ether oxygens (including phenoxy) is 2. The van der Waals surface area contributed by atoms with Gasteiger partial charge in [0.25, 0.3) is 5.91 Å². The molecule has 24 heavy (non-hydrogen) atoms. The maximum Gasteiger partial charge on any atom is 0.326 e. The summed E-state index contributed by atoms with van der Waals surface area (Å²) in [7, 11) is 2.83. The largest absolute Gasteiger partial charge is 0.496 e. The number of anilines is 1. The van der Waals surface area contributed by atoms with E-state index in [2.05, 4.69) is 10.6 Å². The van der Waals surface area contributed by atoms with Gasteiger partial charge in [0.1, 0.15) is 17.1 Å². The Hall–Kier alpha value is -2.44. The Morgan fingerprint density at radius 2 is 1.50 bits per heavy atom. The number of hydrogen-bond donors (Lipinski definition) is 2. The topological polar surface area (TPSA) is 76.7 Å². The second-order valence-electron chi connectivity index (χ2n) is 4.60. The summed E-state index contributed by atoms with van der Waals surface area (Å²) in [4.78, 5) is 24.4. The molecular weight excluding hydrogens is 355 g/mol. The number of rotatable bonds is 4. The lowest BCUT2D eigenvalue weighted by molar-refractivity contribution is 0.0961. The summed E-state index contributed by atoms with van der Waals surface area (Å²) < 4.78 is 10.3. The van der Waals surface area contributed by atoms with Crippen LogP contribution in [0.4, 0.5) is 10.5 Å². The Kier molecular flexibility index (Phi) is 5.89. The molecule has 126 valence electrons. The molecule has 0 radical (unpaired) electrons. The van der Waals surface area contributed by atoms with Crippen LogP contribution in [0.25, 0.3) is 0 Å². The van der Waals surface area contributed by atoms with Crippen LogP contribution in [-0.4, -0.2) is 26.2 Å². The van der Waals surface area contributed by atoms with Gasteiger partial charge in [-0.15, -0.1) is 0 Å². The summed E-state index contributed by atoms with van der Waals surface area (Å²) in [5.74, 6) is -0.106. The number of carbonyl (C=O) groups excluding carboxylic acids is 2. The standard InChI is InChI=1S/C16H14Cl2N2O4/c1-23-12-4-3-5-13(24-2)14(12)15(21)20-16(22)19-11-7-9(17)6-10(18)8-11/h3-8H,1-2H3,(H2,19,20,21,22). The smallest absolute Gasteiger partial charge is 0.326 e. The lowest BCUT2D eigenvalue weighted by atomic mass is 10.1. The molecule has 0 bridgehead atoms. The lowest BCUT2D eigenvalue weighted by Crippen LogP contribution is -2.34. The van der Waals surface area contributed by atoms with Crippen LogP contribution in [0.1, 0.15) is 10.4 Å². The van der Waals surface area contributed by atoms with Crippen molar-refractivity contribution in [1.82, 2.24) is 5.32 Å². The first-order chi connectivity index (χ1) is 11.4. The molecule has 0 aromatic heterocycles. The highest BCUT2D eigenvalue weighted by atomic mass is 35.5. The molecule has 2 N–H and O–H groups in total. The summed E-state index contributed by atoms with van der Waals surface area (Å²) in [5, 5.41) is 5.39. The average molecular weight is 369 g/mol. The summed E-state index contributed by atoms with van der Waals surface area (Å²) in [6, 6.07) is 8.63. The fourth-order valence-corrected chi connectivity index (χ4v) is 2.55. The molecule has 0 aliphatic heterocycles. The van der Waals surface area contributed by atoms with Gasteiger partial charge in [-0.25, -0.2) is 4.79 Å². The van der Waals surface area contributed by atoms with Crippen molar-refractivity contribution < 1.29 is 19.1 Å². The van der Waals surface area contributed by atoms with Crippen LogP contribution >= 0.6 is 23.2 Å². The molecule has 2 rings (SSSR count). The minimum atomic E-state index is -0.744. The van der Waals surface area contributed by atoms with Crippen molar-refractivity contribution >= 4 is 40.8 Å². The highest BCUT2D eigenvalue weighted by molar-refractivity contribution is 6.35. The molecule has 0 saturated carbocycles. The van der Waals surface area contributed by atoms with E-state index in [1.54, 1.807) is 18.2 Å². The van der Waals surface area contributed by atoms with E-state index in [0.717, 1.165) is 0 Å². The van der Waals surface area contributed by atoms with Gasteiger partial charge in [-0.3, -0.25) is 10.1 Å². The van der Waals surface area contributed by atoms with Crippen LogP contribution in [-0.2, 0) is 0 Å². The molecule has 0 fully saturated rings. The zero-order valence-corrected chi connectivity index (χ0v) is 14.4. The van der Waals surface area contributed by atoms with E-state index in [4.69, 9.17) is 32.7 Å². The first-order valence-electron chi connectivity index (χ1n) is 6.74. The fourth-order valence-electron chi connectivity index (χ4n) is 2.03. The van der Waals surface area contributed by atoms with Crippen molar-refractivity contribution in [2.24, 2.45) is 0 Å². The molecular formula is C16H14Cl2N2O4. The molecule has 0 aliphatic carbocycles. The molecule has 0 heterocycles. The van der Waals surface area contributed by atoms with Gasteiger partial charge in [0.05, 0.1) is 14.2 Å². The van der Waals surface area contributed by atoms with Crippen LogP contribution in [0, 0.1) is 0 Å². The minimum Gasteiger partial charge on any atom is -0.496 e. The van der Waals surface area contributed by atoms with E-state index in [0.29, 0.717) is 15.7 Å². The molecule has 3 amide bonds. The molecule has 0 spiro atoms. The zero-order valence-electron chi connectivity index (χ0n) is 12.9. The molecule has 2 aromatic rings. The highest BCUT2D eigenvalue weighted by Gasteiger charge is 2.20. The van der Waals surface area contributed by atoms with Crippen LogP contribution in [0.5, 0.6) is 11.5 Å². The SMILES string of the molecule is COc1cccc(OC)c1C(=O)NC(=O)Nc1cc(Cl)cc(Cl)c1. The summed E-state index contributed by atoms with van der Waals surface area (Å²) >= 11 is 11.7. The summed E-state index contributed by atoms with van der Waals surface area (Å²) in [5.41, 5.74) is 0.464. The van der Waals surface area contributed by atoms with Crippen molar-refractivity contribution in [2.75, 3.05) is 19.5 Å². The number of carbonyl (C=O) groups is 2. The molecule has 2 aromatic carbocycles. The first kappa shape index (κ1) is 17.9. The Balaban J connectivity index is 2.16. The van der Waals surface area contributed by atoms with Gasteiger partial charge in [-0.05, 0) is 30.3 Å². The number of amides is 3. The van der Waals surface area contributed by atoms with Crippen LogP contribution < -0.4 is 20.1 Å². The van der Waals surface area contributed by atoms with Gasteiger partial charge < -0.3 is 14.8 Å². The average Bonchev–Trinajstić information content (AvgIpc) is 2.52.